The van der Waals surface area contributed by atoms with Crippen LogP contribution in [0, 0.1) is 0 Å². The summed E-state index contributed by atoms with van der Waals surface area (Å²) in [6, 6.07) is 9.66. The Hall–Kier alpha value is -0.910. The van der Waals surface area contributed by atoms with Crippen LogP contribution in [0.4, 0.5) is 0 Å². The van der Waals surface area contributed by atoms with Crippen LogP contribution in [0.5, 0.6) is 0 Å². The minimum atomic E-state index is -3.25. The lowest BCUT2D eigenvalue weighted by molar-refractivity contribution is 0.373. The van der Waals surface area contributed by atoms with Gasteiger partial charge in [-0.15, -0.1) is 0 Å². The van der Waals surface area contributed by atoms with Gasteiger partial charge in [0.25, 0.3) is 0 Å². The number of hydrogen-bond acceptors (Lipinski definition) is 3. The smallest absolute Gasteiger partial charge is 0.214 e. The molecule has 2 unspecified atom stereocenters. The summed E-state index contributed by atoms with van der Waals surface area (Å²) < 4.78 is 26.1. The Kier molecular flexibility index (Phi) is 5.97. The van der Waals surface area contributed by atoms with Crippen molar-refractivity contribution < 1.29 is 8.42 Å². The second-order valence-electron chi connectivity index (χ2n) is 5.03. The number of rotatable bonds is 7. The molecule has 0 saturated carbocycles. The highest BCUT2D eigenvalue weighted by molar-refractivity contribution is 7.89. The monoisotopic (exact) mass is 284 g/mol. The van der Waals surface area contributed by atoms with Gasteiger partial charge < -0.3 is 5.73 Å². The second kappa shape index (κ2) is 7.03. The lowest BCUT2D eigenvalue weighted by atomic mass is 10.0. The van der Waals surface area contributed by atoms with Crippen LogP contribution in [0.2, 0.25) is 0 Å². The Morgan fingerprint density at radius 3 is 2.32 bits per heavy atom. The minimum absolute atomic E-state index is 0.0151. The van der Waals surface area contributed by atoms with Crippen molar-refractivity contribution in [2.24, 2.45) is 5.73 Å². The van der Waals surface area contributed by atoms with Crippen LogP contribution in [-0.4, -0.2) is 38.1 Å². The molecule has 0 aliphatic rings. The van der Waals surface area contributed by atoms with Crippen LogP contribution in [0.25, 0.3) is 0 Å². The first-order valence-corrected chi connectivity index (χ1v) is 8.20. The van der Waals surface area contributed by atoms with Crippen molar-refractivity contribution in [2.75, 3.05) is 19.3 Å². The van der Waals surface area contributed by atoms with Crippen molar-refractivity contribution in [3.63, 3.8) is 0 Å². The molecule has 4 nitrogen and oxygen atoms in total. The molecule has 1 rings (SSSR count). The Bertz CT molecular complexity index is 473. The predicted octanol–water partition coefficient (Wildman–Crippen LogP) is 1.79. The van der Waals surface area contributed by atoms with Crippen LogP contribution in [0.3, 0.4) is 0 Å². The maximum atomic E-state index is 12.3. The zero-order valence-electron chi connectivity index (χ0n) is 11.9. The molecule has 1 aromatic rings. The second-order valence-corrected chi connectivity index (χ2v) is 7.11. The summed E-state index contributed by atoms with van der Waals surface area (Å²) in [5.74, 6) is 0.112. The van der Waals surface area contributed by atoms with Crippen LogP contribution < -0.4 is 5.73 Å². The fraction of sp³-hybridized carbons (Fsp3) is 0.571. The molecule has 0 aromatic heterocycles. The summed E-state index contributed by atoms with van der Waals surface area (Å²) in [5.41, 5.74) is 6.53. The van der Waals surface area contributed by atoms with E-state index in [1.165, 1.54) is 4.31 Å². The summed E-state index contributed by atoms with van der Waals surface area (Å²) in [4.78, 5) is 0. The largest absolute Gasteiger partial charge is 0.330 e. The van der Waals surface area contributed by atoms with E-state index in [9.17, 15) is 8.42 Å². The number of sulfonamides is 1. The van der Waals surface area contributed by atoms with Crippen molar-refractivity contribution >= 4 is 10.0 Å². The summed E-state index contributed by atoms with van der Waals surface area (Å²) in [5, 5.41) is 0. The molecule has 0 heterocycles. The van der Waals surface area contributed by atoms with Gasteiger partial charge in [0.1, 0.15) is 0 Å². The van der Waals surface area contributed by atoms with Gasteiger partial charge in [0, 0.05) is 13.1 Å². The maximum absolute atomic E-state index is 12.3. The Morgan fingerprint density at radius 2 is 1.79 bits per heavy atom. The van der Waals surface area contributed by atoms with E-state index in [2.05, 4.69) is 0 Å². The Labute approximate surface area is 116 Å². The fourth-order valence-electron chi connectivity index (χ4n) is 2.01. The van der Waals surface area contributed by atoms with Gasteiger partial charge in [-0.25, -0.2) is 12.7 Å². The summed E-state index contributed by atoms with van der Waals surface area (Å²) in [7, 11) is -1.62. The van der Waals surface area contributed by atoms with Gasteiger partial charge >= 0.3 is 0 Å². The molecule has 0 amide bonds. The molecule has 0 spiro atoms. The lowest BCUT2D eigenvalue weighted by Gasteiger charge is -2.25. The van der Waals surface area contributed by atoms with Crippen LogP contribution in [0.1, 0.15) is 31.7 Å². The normalized spacial score (nSPS) is 15.4. The number of benzene rings is 1. The first kappa shape index (κ1) is 16.1. The van der Waals surface area contributed by atoms with Gasteiger partial charge in [-0.05, 0) is 31.4 Å². The summed E-state index contributed by atoms with van der Waals surface area (Å²) in [6.45, 7) is 4.32. The molecular formula is C14H24N2O2S. The molecule has 19 heavy (non-hydrogen) atoms. The van der Waals surface area contributed by atoms with E-state index in [1.807, 2.05) is 44.2 Å². The van der Waals surface area contributed by atoms with E-state index in [4.69, 9.17) is 5.73 Å². The SMILES string of the molecule is CC(CS(=O)(=O)N(C)C(C)CCN)c1ccccc1. The molecule has 2 atom stereocenters. The first-order chi connectivity index (χ1) is 8.88. The number of nitrogens with two attached hydrogens (primary N) is 1. The molecule has 108 valence electrons. The Balaban J connectivity index is 2.74. The van der Waals surface area contributed by atoms with Gasteiger partial charge in [0.05, 0.1) is 5.75 Å². The van der Waals surface area contributed by atoms with Gasteiger partial charge in [-0.1, -0.05) is 37.3 Å². The summed E-state index contributed by atoms with van der Waals surface area (Å²) in [6.07, 6.45) is 0.676. The fourth-order valence-corrected chi connectivity index (χ4v) is 3.72. The molecule has 0 radical (unpaired) electrons. The van der Waals surface area contributed by atoms with Crippen molar-refractivity contribution in [3.05, 3.63) is 35.9 Å². The zero-order valence-corrected chi connectivity index (χ0v) is 12.7. The molecule has 0 aliphatic carbocycles. The predicted molar refractivity (Wildman–Crippen MR) is 79.5 cm³/mol. The molecule has 2 N–H and O–H groups in total. The van der Waals surface area contributed by atoms with E-state index in [0.29, 0.717) is 13.0 Å². The average Bonchev–Trinajstić information content (AvgIpc) is 2.38. The average molecular weight is 284 g/mol. The van der Waals surface area contributed by atoms with Gasteiger partial charge in [0.15, 0.2) is 0 Å². The minimum Gasteiger partial charge on any atom is -0.330 e. The Morgan fingerprint density at radius 1 is 1.21 bits per heavy atom. The molecule has 0 bridgehead atoms. The van der Waals surface area contributed by atoms with E-state index < -0.39 is 10.0 Å². The molecule has 0 fully saturated rings. The number of nitrogens with zero attached hydrogens (tertiary/aromatic N) is 1. The first-order valence-electron chi connectivity index (χ1n) is 6.59. The maximum Gasteiger partial charge on any atom is 0.214 e. The van der Waals surface area contributed by atoms with Crippen LogP contribution >= 0.6 is 0 Å². The van der Waals surface area contributed by atoms with Crippen LogP contribution in [-0.2, 0) is 10.0 Å². The molecule has 1 aromatic carbocycles. The molecular weight excluding hydrogens is 260 g/mol. The van der Waals surface area contributed by atoms with Crippen molar-refractivity contribution in [1.29, 1.82) is 0 Å². The highest BCUT2D eigenvalue weighted by atomic mass is 32.2. The quantitative estimate of drug-likeness (QED) is 0.830. The standard InChI is InChI=1S/C14H24N2O2S/c1-12(14-7-5-4-6-8-14)11-19(17,18)16(3)13(2)9-10-15/h4-8,12-13H,9-11,15H2,1-3H3. The van der Waals surface area contributed by atoms with Gasteiger partial charge in [0.2, 0.25) is 10.0 Å². The van der Waals surface area contributed by atoms with E-state index >= 15 is 0 Å². The van der Waals surface area contributed by atoms with E-state index in [-0.39, 0.29) is 17.7 Å². The molecule has 0 aliphatic heterocycles. The lowest BCUT2D eigenvalue weighted by Crippen LogP contribution is -2.38. The van der Waals surface area contributed by atoms with E-state index in [0.717, 1.165) is 5.56 Å². The summed E-state index contributed by atoms with van der Waals surface area (Å²) >= 11 is 0. The topological polar surface area (TPSA) is 63.4 Å². The number of hydrogen-bond donors (Lipinski definition) is 1. The van der Waals surface area contributed by atoms with E-state index in [1.54, 1.807) is 7.05 Å². The zero-order chi connectivity index (χ0) is 14.5. The third-order valence-electron chi connectivity index (χ3n) is 3.47. The molecule has 5 heteroatoms. The van der Waals surface area contributed by atoms with Crippen LogP contribution in [0.15, 0.2) is 30.3 Å². The third-order valence-corrected chi connectivity index (χ3v) is 5.63. The molecule has 0 saturated heterocycles. The van der Waals surface area contributed by atoms with Crippen molar-refractivity contribution in [2.45, 2.75) is 32.2 Å². The van der Waals surface area contributed by atoms with Gasteiger partial charge in [-0.3, -0.25) is 0 Å². The van der Waals surface area contributed by atoms with Crippen molar-refractivity contribution in [3.8, 4) is 0 Å². The highest BCUT2D eigenvalue weighted by Crippen LogP contribution is 2.19. The van der Waals surface area contributed by atoms with Crippen molar-refractivity contribution in [1.82, 2.24) is 4.31 Å². The highest BCUT2D eigenvalue weighted by Gasteiger charge is 2.25. The van der Waals surface area contributed by atoms with Gasteiger partial charge in [-0.2, -0.15) is 0 Å². The third kappa shape index (κ3) is 4.60.